The van der Waals surface area contributed by atoms with Crippen molar-refractivity contribution < 1.29 is 13.2 Å². The molecule has 0 spiro atoms. The third-order valence-electron chi connectivity index (χ3n) is 4.40. The third-order valence-corrected chi connectivity index (χ3v) is 5.80. The van der Waals surface area contributed by atoms with Crippen molar-refractivity contribution in [2.45, 2.75) is 24.8 Å². The van der Waals surface area contributed by atoms with Gasteiger partial charge in [-0.25, -0.2) is 8.42 Å². The van der Waals surface area contributed by atoms with Crippen LogP contribution in [0.2, 0.25) is 0 Å². The lowest BCUT2D eigenvalue weighted by molar-refractivity contribution is 0.332. The van der Waals surface area contributed by atoms with E-state index in [2.05, 4.69) is 9.71 Å². The van der Waals surface area contributed by atoms with E-state index in [-0.39, 0.29) is 10.9 Å². The Morgan fingerprint density at radius 2 is 1.96 bits per heavy atom. The Labute approximate surface area is 135 Å². The monoisotopic (exact) mass is 328 g/mol. The van der Waals surface area contributed by atoms with Crippen molar-refractivity contribution in [3.63, 3.8) is 0 Å². The van der Waals surface area contributed by atoms with Gasteiger partial charge in [0.05, 0.1) is 4.90 Å². The molecule has 2 heterocycles. The second kappa shape index (κ2) is 4.83. The molecule has 2 aromatic rings. The number of hydrogen-bond donors (Lipinski definition) is 1. The van der Waals surface area contributed by atoms with Gasteiger partial charge in [-0.3, -0.25) is 9.71 Å². The van der Waals surface area contributed by atoms with Crippen LogP contribution in [0.25, 0.3) is 0 Å². The summed E-state index contributed by atoms with van der Waals surface area (Å²) >= 11 is 0. The molecule has 6 heteroatoms. The Bertz CT molecular complexity index is 948. The minimum absolute atomic E-state index is 0.201. The summed E-state index contributed by atoms with van der Waals surface area (Å²) in [5, 5.41) is 0. The number of fused-ring (bicyclic) bond motifs is 2. The molecule has 0 aromatic heterocycles. The van der Waals surface area contributed by atoms with Crippen LogP contribution in [0.5, 0.6) is 5.75 Å². The number of sulfonamides is 1. The van der Waals surface area contributed by atoms with Crippen LogP contribution in [-0.4, -0.2) is 20.9 Å². The SMILES string of the molecule is Cc1ccc2c(c1C)OC[C@H]2N=C1NS(=O)(=O)c2ccccc21. The minimum Gasteiger partial charge on any atom is -0.490 e. The average molecular weight is 328 g/mol. The molecule has 0 aliphatic carbocycles. The fraction of sp³-hybridized carbons (Fsp3) is 0.235. The van der Waals surface area contributed by atoms with E-state index in [0.717, 1.165) is 16.9 Å². The van der Waals surface area contributed by atoms with Gasteiger partial charge in [0.15, 0.2) is 0 Å². The van der Waals surface area contributed by atoms with Gasteiger partial charge in [0.1, 0.15) is 24.2 Å². The van der Waals surface area contributed by atoms with Crippen molar-refractivity contribution in [3.05, 3.63) is 58.7 Å². The molecule has 0 bridgehead atoms. The Morgan fingerprint density at radius 3 is 2.78 bits per heavy atom. The third kappa shape index (κ3) is 2.13. The summed E-state index contributed by atoms with van der Waals surface area (Å²) in [7, 11) is -3.51. The Morgan fingerprint density at radius 1 is 1.17 bits per heavy atom. The number of aliphatic imine (C=N–C) groups is 1. The predicted molar refractivity (Wildman–Crippen MR) is 87.5 cm³/mol. The normalized spacial score (nSPS) is 22.3. The van der Waals surface area contributed by atoms with Crippen molar-refractivity contribution in [1.29, 1.82) is 0 Å². The Hall–Kier alpha value is -2.34. The van der Waals surface area contributed by atoms with Gasteiger partial charge in [-0.1, -0.05) is 24.3 Å². The van der Waals surface area contributed by atoms with E-state index in [1.807, 2.05) is 32.0 Å². The molecule has 0 saturated heterocycles. The molecule has 0 unspecified atom stereocenters. The fourth-order valence-electron chi connectivity index (χ4n) is 3.01. The summed E-state index contributed by atoms with van der Waals surface area (Å²) in [6.07, 6.45) is 0. The first-order valence-corrected chi connectivity index (χ1v) is 8.88. The molecular weight excluding hydrogens is 312 g/mol. The molecule has 4 rings (SSSR count). The number of nitrogens with zero attached hydrogens (tertiary/aromatic N) is 1. The molecule has 1 atom stereocenters. The maximum absolute atomic E-state index is 12.2. The van der Waals surface area contributed by atoms with Crippen molar-refractivity contribution >= 4 is 15.9 Å². The molecule has 23 heavy (non-hydrogen) atoms. The first-order valence-electron chi connectivity index (χ1n) is 7.40. The lowest BCUT2D eigenvalue weighted by Gasteiger charge is -2.07. The highest BCUT2D eigenvalue weighted by Crippen LogP contribution is 2.39. The summed E-state index contributed by atoms with van der Waals surface area (Å²) in [4.78, 5) is 4.90. The minimum atomic E-state index is -3.51. The number of nitrogens with one attached hydrogen (secondary N) is 1. The molecular formula is C17H16N2O3S. The standard InChI is InChI=1S/C17H16N2O3S/c1-10-7-8-12-14(9-22-16(12)11(10)2)18-17-13-5-3-4-6-15(13)23(20,21)19-17/h3-8,14H,9H2,1-2H3,(H,18,19)/t14-/m1/s1. The van der Waals surface area contributed by atoms with Crippen LogP contribution in [0.4, 0.5) is 0 Å². The van der Waals surface area contributed by atoms with Crippen LogP contribution in [0, 0.1) is 13.8 Å². The second-order valence-corrected chi connectivity index (χ2v) is 7.48. The summed E-state index contributed by atoms with van der Waals surface area (Å²) in [5.41, 5.74) is 3.90. The summed E-state index contributed by atoms with van der Waals surface area (Å²) in [6, 6.07) is 10.7. The topological polar surface area (TPSA) is 67.8 Å². The van der Waals surface area contributed by atoms with Gasteiger partial charge in [-0.2, -0.15) is 0 Å². The fourth-order valence-corrected chi connectivity index (χ4v) is 4.25. The van der Waals surface area contributed by atoms with Crippen LogP contribution in [-0.2, 0) is 10.0 Å². The first-order chi connectivity index (χ1) is 11.0. The Balaban J connectivity index is 1.79. The van der Waals surface area contributed by atoms with Gasteiger partial charge in [0.2, 0.25) is 0 Å². The molecule has 2 aliphatic heterocycles. The highest BCUT2D eigenvalue weighted by Gasteiger charge is 2.33. The molecule has 0 saturated carbocycles. The second-order valence-electron chi connectivity index (χ2n) is 5.83. The van der Waals surface area contributed by atoms with Crippen molar-refractivity contribution in [2.75, 3.05) is 6.61 Å². The molecule has 0 fully saturated rings. The van der Waals surface area contributed by atoms with Gasteiger partial charge in [0.25, 0.3) is 10.0 Å². The summed E-state index contributed by atoms with van der Waals surface area (Å²) < 4.78 is 32.7. The molecule has 118 valence electrons. The van der Waals surface area contributed by atoms with E-state index in [4.69, 9.17) is 4.74 Å². The summed E-state index contributed by atoms with van der Waals surface area (Å²) in [6.45, 7) is 4.49. The van der Waals surface area contributed by atoms with Gasteiger partial charge in [0, 0.05) is 11.1 Å². The van der Waals surface area contributed by atoms with Crippen LogP contribution in [0.3, 0.4) is 0 Å². The highest BCUT2D eigenvalue weighted by atomic mass is 32.2. The van der Waals surface area contributed by atoms with Crippen molar-refractivity contribution in [1.82, 2.24) is 4.72 Å². The van der Waals surface area contributed by atoms with Crippen LogP contribution in [0.15, 0.2) is 46.3 Å². The maximum atomic E-state index is 12.2. The lowest BCUT2D eigenvalue weighted by atomic mass is 10.0. The predicted octanol–water partition coefficient (Wildman–Crippen LogP) is 2.48. The first kappa shape index (κ1) is 14.3. The average Bonchev–Trinajstić information content (AvgIpc) is 3.04. The van der Waals surface area contributed by atoms with Crippen LogP contribution >= 0.6 is 0 Å². The smallest absolute Gasteiger partial charge is 0.263 e. The molecule has 2 aromatic carbocycles. The number of rotatable bonds is 1. The number of hydrogen-bond acceptors (Lipinski definition) is 4. The number of benzene rings is 2. The van der Waals surface area contributed by atoms with Gasteiger partial charge in [-0.05, 0) is 37.1 Å². The number of aryl methyl sites for hydroxylation is 1. The van der Waals surface area contributed by atoms with E-state index in [1.54, 1.807) is 18.2 Å². The van der Waals surface area contributed by atoms with E-state index in [0.29, 0.717) is 18.0 Å². The van der Waals surface area contributed by atoms with E-state index in [9.17, 15) is 8.42 Å². The van der Waals surface area contributed by atoms with Gasteiger partial charge >= 0.3 is 0 Å². The zero-order valence-electron chi connectivity index (χ0n) is 12.8. The zero-order valence-corrected chi connectivity index (χ0v) is 13.6. The van der Waals surface area contributed by atoms with E-state index >= 15 is 0 Å². The van der Waals surface area contributed by atoms with E-state index < -0.39 is 10.0 Å². The molecule has 0 radical (unpaired) electrons. The van der Waals surface area contributed by atoms with Crippen LogP contribution < -0.4 is 9.46 Å². The lowest BCUT2D eigenvalue weighted by Crippen LogP contribution is -2.23. The van der Waals surface area contributed by atoms with E-state index in [1.165, 1.54) is 5.56 Å². The van der Waals surface area contributed by atoms with Gasteiger partial charge < -0.3 is 4.74 Å². The maximum Gasteiger partial charge on any atom is 0.263 e. The highest BCUT2D eigenvalue weighted by molar-refractivity contribution is 7.90. The van der Waals surface area contributed by atoms with Crippen molar-refractivity contribution in [3.8, 4) is 5.75 Å². The Kier molecular flexibility index (Phi) is 2.99. The molecule has 2 aliphatic rings. The molecule has 0 amide bonds. The van der Waals surface area contributed by atoms with Gasteiger partial charge in [-0.15, -0.1) is 0 Å². The number of ether oxygens (including phenoxy) is 1. The molecule has 1 N–H and O–H groups in total. The summed E-state index contributed by atoms with van der Waals surface area (Å²) in [5.74, 6) is 1.26. The largest absolute Gasteiger partial charge is 0.490 e. The van der Waals surface area contributed by atoms with Crippen molar-refractivity contribution in [2.24, 2.45) is 4.99 Å². The zero-order chi connectivity index (χ0) is 16.2. The number of amidine groups is 1. The molecule has 5 nitrogen and oxygen atoms in total. The van der Waals surface area contributed by atoms with Crippen LogP contribution in [0.1, 0.15) is 28.3 Å². The quantitative estimate of drug-likeness (QED) is 0.874.